The summed E-state index contributed by atoms with van der Waals surface area (Å²) in [6.45, 7) is 2.95. The minimum Gasteiger partial charge on any atom is -0.370 e. The molecule has 0 aliphatic rings. The lowest BCUT2D eigenvalue weighted by molar-refractivity contribution is 0.102. The van der Waals surface area contributed by atoms with Gasteiger partial charge >= 0.3 is 0 Å². The summed E-state index contributed by atoms with van der Waals surface area (Å²) in [6, 6.07) is 5.27. The monoisotopic (exact) mass is 334 g/mol. The molecule has 1 amide bonds. The van der Waals surface area contributed by atoms with E-state index >= 15 is 0 Å². The Labute approximate surface area is 126 Å². The number of pyridine rings is 2. The lowest BCUT2D eigenvalue weighted by atomic mass is 10.2. The van der Waals surface area contributed by atoms with Crippen molar-refractivity contribution < 1.29 is 4.79 Å². The standard InChI is InChI=1S/C14H15BrN4O/c1-2-6-17-13-4-3-10(8-18-13)14(20)19-12-5-7-16-9-11(12)15/h3-5,7-9H,2,6H2,1H3,(H,17,18)(H,16,19,20). The van der Waals surface area contributed by atoms with E-state index in [-0.39, 0.29) is 5.91 Å². The summed E-state index contributed by atoms with van der Waals surface area (Å²) >= 11 is 3.33. The number of carbonyl (C=O) groups excluding carboxylic acids is 1. The molecule has 2 aromatic heterocycles. The highest BCUT2D eigenvalue weighted by Gasteiger charge is 2.08. The van der Waals surface area contributed by atoms with Crippen LogP contribution in [0.3, 0.4) is 0 Å². The van der Waals surface area contributed by atoms with Crippen molar-refractivity contribution in [2.75, 3.05) is 17.2 Å². The summed E-state index contributed by atoms with van der Waals surface area (Å²) in [5.41, 5.74) is 1.19. The molecule has 0 unspecified atom stereocenters. The first-order valence-corrected chi connectivity index (χ1v) is 7.11. The van der Waals surface area contributed by atoms with Gasteiger partial charge in [-0.3, -0.25) is 9.78 Å². The molecule has 0 radical (unpaired) electrons. The van der Waals surface area contributed by atoms with E-state index in [2.05, 4.69) is 43.5 Å². The molecule has 0 aromatic carbocycles. The van der Waals surface area contributed by atoms with E-state index in [0.717, 1.165) is 23.3 Å². The highest BCUT2D eigenvalue weighted by Crippen LogP contribution is 2.20. The summed E-state index contributed by atoms with van der Waals surface area (Å²) < 4.78 is 0.738. The largest absolute Gasteiger partial charge is 0.370 e. The van der Waals surface area contributed by atoms with Gasteiger partial charge < -0.3 is 10.6 Å². The van der Waals surface area contributed by atoms with Crippen molar-refractivity contribution in [1.82, 2.24) is 9.97 Å². The second kappa shape index (κ2) is 7.00. The minimum absolute atomic E-state index is 0.202. The molecular formula is C14H15BrN4O. The maximum absolute atomic E-state index is 12.1. The van der Waals surface area contributed by atoms with Gasteiger partial charge in [0.15, 0.2) is 0 Å². The first-order chi connectivity index (χ1) is 9.70. The third-order valence-corrected chi connectivity index (χ3v) is 3.23. The van der Waals surface area contributed by atoms with Crippen LogP contribution in [0.2, 0.25) is 0 Å². The van der Waals surface area contributed by atoms with Gasteiger partial charge in [-0.25, -0.2) is 4.98 Å². The molecule has 2 N–H and O–H groups in total. The number of rotatable bonds is 5. The van der Waals surface area contributed by atoms with Crippen molar-refractivity contribution in [3.63, 3.8) is 0 Å². The van der Waals surface area contributed by atoms with Crippen molar-refractivity contribution in [2.45, 2.75) is 13.3 Å². The Kier molecular flexibility index (Phi) is 5.06. The number of nitrogens with one attached hydrogen (secondary N) is 2. The van der Waals surface area contributed by atoms with Crippen molar-refractivity contribution in [3.05, 3.63) is 46.8 Å². The molecule has 0 atom stereocenters. The van der Waals surface area contributed by atoms with Crippen LogP contribution in [-0.4, -0.2) is 22.4 Å². The molecule has 6 heteroatoms. The van der Waals surface area contributed by atoms with Crippen LogP contribution in [0.15, 0.2) is 41.3 Å². The topological polar surface area (TPSA) is 66.9 Å². The van der Waals surface area contributed by atoms with Gasteiger partial charge in [-0.05, 0) is 40.5 Å². The third-order valence-electron chi connectivity index (χ3n) is 2.60. The normalized spacial score (nSPS) is 10.1. The fraction of sp³-hybridized carbons (Fsp3) is 0.214. The van der Waals surface area contributed by atoms with Crippen LogP contribution in [0.1, 0.15) is 23.7 Å². The molecule has 0 aliphatic heterocycles. The Morgan fingerprint density at radius 3 is 2.80 bits per heavy atom. The highest BCUT2D eigenvalue weighted by molar-refractivity contribution is 9.10. The maximum atomic E-state index is 12.1. The number of carbonyl (C=O) groups is 1. The molecule has 0 spiro atoms. The van der Waals surface area contributed by atoms with Gasteiger partial charge in [0.05, 0.1) is 15.7 Å². The zero-order valence-electron chi connectivity index (χ0n) is 11.1. The zero-order valence-corrected chi connectivity index (χ0v) is 12.6. The average molecular weight is 335 g/mol. The van der Waals surface area contributed by atoms with Gasteiger partial charge in [-0.15, -0.1) is 0 Å². The van der Waals surface area contributed by atoms with Gasteiger partial charge in [0, 0.05) is 25.1 Å². The number of hydrogen-bond donors (Lipinski definition) is 2. The highest BCUT2D eigenvalue weighted by atomic mass is 79.9. The number of anilines is 2. The van der Waals surface area contributed by atoms with Crippen LogP contribution in [-0.2, 0) is 0 Å². The van der Waals surface area contributed by atoms with Crippen LogP contribution in [0.4, 0.5) is 11.5 Å². The van der Waals surface area contributed by atoms with Gasteiger partial charge in [0.2, 0.25) is 0 Å². The molecule has 104 valence electrons. The lowest BCUT2D eigenvalue weighted by Crippen LogP contribution is -2.13. The Hall–Kier alpha value is -1.95. The average Bonchev–Trinajstić information content (AvgIpc) is 2.48. The smallest absolute Gasteiger partial charge is 0.257 e. The van der Waals surface area contributed by atoms with Crippen molar-refractivity contribution >= 4 is 33.3 Å². The second-order valence-electron chi connectivity index (χ2n) is 4.17. The Bertz CT molecular complexity index is 586. The molecule has 20 heavy (non-hydrogen) atoms. The molecule has 0 saturated heterocycles. The van der Waals surface area contributed by atoms with Crippen molar-refractivity contribution in [2.24, 2.45) is 0 Å². The Balaban J connectivity index is 2.04. The quantitative estimate of drug-likeness (QED) is 0.880. The van der Waals surface area contributed by atoms with Crippen LogP contribution in [0, 0.1) is 0 Å². The van der Waals surface area contributed by atoms with E-state index in [0.29, 0.717) is 11.3 Å². The van der Waals surface area contributed by atoms with Gasteiger partial charge in [0.25, 0.3) is 5.91 Å². The third kappa shape index (κ3) is 3.77. The summed E-state index contributed by atoms with van der Waals surface area (Å²) in [5.74, 6) is 0.569. The molecular weight excluding hydrogens is 320 g/mol. The second-order valence-corrected chi connectivity index (χ2v) is 5.02. The van der Waals surface area contributed by atoms with Gasteiger partial charge in [0.1, 0.15) is 5.82 Å². The fourth-order valence-electron chi connectivity index (χ4n) is 1.56. The molecule has 2 heterocycles. The summed E-state index contributed by atoms with van der Waals surface area (Å²) in [4.78, 5) is 20.2. The molecule has 0 fully saturated rings. The van der Waals surface area contributed by atoms with Crippen molar-refractivity contribution in [1.29, 1.82) is 0 Å². The van der Waals surface area contributed by atoms with E-state index in [4.69, 9.17) is 0 Å². The van der Waals surface area contributed by atoms with Gasteiger partial charge in [-0.1, -0.05) is 6.92 Å². The molecule has 5 nitrogen and oxygen atoms in total. The molecule has 0 aliphatic carbocycles. The molecule has 2 rings (SSSR count). The van der Waals surface area contributed by atoms with E-state index < -0.39 is 0 Å². The number of aromatic nitrogens is 2. The van der Waals surface area contributed by atoms with E-state index in [9.17, 15) is 4.79 Å². The predicted molar refractivity (Wildman–Crippen MR) is 82.9 cm³/mol. The molecule has 0 saturated carbocycles. The summed E-state index contributed by atoms with van der Waals surface area (Å²) in [6.07, 6.45) is 5.84. The molecule has 0 bridgehead atoms. The van der Waals surface area contributed by atoms with E-state index in [1.807, 2.05) is 0 Å². The SMILES string of the molecule is CCCNc1ccc(C(=O)Nc2ccncc2Br)cn1. The molecule has 2 aromatic rings. The van der Waals surface area contributed by atoms with Crippen LogP contribution in [0.25, 0.3) is 0 Å². The van der Waals surface area contributed by atoms with Crippen LogP contribution < -0.4 is 10.6 Å². The van der Waals surface area contributed by atoms with Gasteiger partial charge in [-0.2, -0.15) is 0 Å². The van der Waals surface area contributed by atoms with E-state index in [1.165, 1.54) is 0 Å². The maximum Gasteiger partial charge on any atom is 0.257 e. The minimum atomic E-state index is -0.202. The van der Waals surface area contributed by atoms with E-state index in [1.54, 1.807) is 36.8 Å². The number of halogens is 1. The zero-order chi connectivity index (χ0) is 14.4. The lowest BCUT2D eigenvalue weighted by Gasteiger charge is -2.07. The Morgan fingerprint density at radius 1 is 1.30 bits per heavy atom. The number of amides is 1. The first kappa shape index (κ1) is 14.5. The predicted octanol–water partition coefficient (Wildman–Crippen LogP) is 3.31. The Morgan fingerprint density at radius 2 is 2.15 bits per heavy atom. The summed E-state index contributed by atoms with van der Waals surface area (Å²) in [7, 11) is 0. The van der Waals surface area contributed by atoms with Crippen LogP contribution >= 0.6 is 15.9 Å². The first-order valence-electron chi connectivity index (χ1n) is 6.31. The number of hydrogen-bond acceptors (Lipinski definition) is 4. The summed E-state index contributed by atoms with van der Waals surface area (Å²) in [5, 5.41) is 5.96. The van der Waals surface area contributed by atoms with Crippen LogP contribution in [0.5, 0.6) is 0 Å². The fourth-order valence-corrected chi connectivity index (χ4v) is 1.91. The van der Waals surface area contributed by atoms with Crippen molar-refractivity contribution in [3.8, 4) is 0 Å². The number of nitrogens with zero attached hydrogens (tertiary/aromatic N) is 2.